The van der Waals surface area contributed by atoms with Gasteiger partial charge in [0, 0.05) is 10.0 Å². The summed E-state index contributed by atoms with van der Waals surface area (Å²) in [5, 5.41) is -0.373. The molecule has 1 aromatic carbocycles. The summed E-state index contributed by atoms with van der Waals surface area (Å²) < 4.78 is 46.3. The highest BCUT2D eigenvalue weighted by Gasteiger charge is 2.41. The number of nitrogens with one attached hydrogen (secondary N) is 2. The molecule has 0 atom stereocenters. The maximum Gasteiger partial charge on any atom is 0.434 e. The van der Waals surface area contributed by atoms with Crippen molar-refractivity contribution in [1.82, 2.24) is 15.0 Å². The van der Waals surface area contributed by atoms with Crippen molar-refractivity contribution in [3.05, 3.63) is 60.8 Å². The van der Waals surface area contributed by atoms with Crippen LogP contribution in [0.3, 0.4) is 0 Å². The number of rotatable bonds is 3. The quantitative estimate of drug-likeness (QED) is 0.587. The van der Waals surface area contributed by atoms with Crippen molar-refractivity contribution >= 4 is 32.9 Å². The van der Waals surface area contributed by atoms with E-state index < -0.39 is 40.3 Å². The zero-order valence-electron chi connectivity index (χ0n) is 14.1. The topological polar surface area (TPSA) is 105 Å². The summed E-state index contributed by atoms with van der Waals surface area (Å²) in [7, 11) is 0. The number of pyridine rings is 1. The highest BCUT2D eigenvalue weighted by molar-refractivity contribution is 9.10. The van der Waals surface area contributed by atoms with Crippen LogP contribution in [-0.4, -0.2) is 27.5 Å². The Morgan fingerprint density at radius 1 is 1.21 bits per heavy atom. The maximum absolute atomic E-state index is 13.7. The highest BCUT2D eigenvalue weighted by Crippen LogP contribution is 2.40. The van der Waals surface area contributed by atoms with Gasteiger partial charge in [-0.1, -0.05) is 34.1 Å². The third-order valence-electron chi connectivity index (χ3n) is 3.77. The largest absolute Gasteiger partial charge is 0.462 e. The normalized spacial score (nSPS) is 11.6. The second kappa shape index (κ2) is 7.23. The molecule has 0 fully saturated rings. The monoisotopic (exact) mass is 457 g/mol. The van der Waals surface area contributed by atoms with E-state index in [1.807, 2.05) is 4.98 Å². The molecule has 2 heterocycles. The Balaban J connectivity index is 2.64. The molecule has 0 amide bonds. The van der Waals surface area contributed by atoms with E-state index in [9.17, 15) is 27.6 Å². The lowest BCUT2D eigenvalue weighted by molar-refractivity contribution is -0.141. The molecular weight excluding hydrogens is 447 g/mol. The molecule has 28 heavy (non-hydrogen) atoms. The molecule has 0 aliphatic carbocycles. The molecule has 0 aliphatic heterocycles. The number of alkyl halides is 3. The van der Waals surface area contributed by atoms with Crippen LogP contribution >= 0.6 is 15.9 Å². The van der Waals surface area contributed by atoms with Gasteiger partial charge in [-0.3, -0.25) is 14.8 Å². The van der Waals surface area contributed by atoms with Crippen LogP contribution in [0, 0.1) is 0 Å². The fourth-order valence-corrected chi connectivity index (χ4v) is 3.22. The fourth-order valence-electron chi connectivity index (χ4n) is 2.74. The van der Waals surface area contributed by atoms with E-state index in [0.717, 1.165) is 0 Å². The molecular formula is C17H11BrF3N3O4. The summed E-state index contributed by atoms with van der Waals surface area (Å²) in [6.45, 7) is 1.24. The Labute approximate surface area is 162 Å². The number of H-pyrrole nitrogens is 2. The number of esters is 1. The van der Waals surface area contributed by atoms with Crippen LogP contribution < -0.4 is 11.2 Å². The molecule has 3 aromatic rings. The smallest absolute Gasteiger partial charge is 0.434 e. The van der Waals surface area contributed by atoms with Crippen LogP contribution in [0.25, 0.3) is 22.2 Å². The van der Waals surface area contributed by atoms with Gasteiger partial charge in [-0.05, 0) is 18.6 Å². The highest BCUT2D eigenvalue weighted by atomic mass is 79.9. The molecule has 2 aromatic heterocycles. The molecule has 3 rings (SSSR count). The molecule has 0 unspecified atom stereocenters. The third kappa shape index (κ3) is 3.44. The second-order valence-corrected chi connectivity index (χ2v) is 6.39. The molecule has 0 saturated carbocycles. The Morgan fingerprint density at radius 2 is 1.89 bits per heavy atom. The standard InChI is InChI=1S/C17H11BrF3N3O4/c1-2-28-15(26)10-9(7-5-3-4-6-8(7)18)11-13(22-12(10)17(19,20)21)23-16(27)24-14(11)25/h3-6H,2H2,1H3,(H2,22,23,24,25,27). The molecule has 0 aliphatic rings. The summed E-state index contributed by atoms with van der Waals surface area (Å²) >= 11 is 3.22. The molecule has 0 radical (unpaired) electrons. The minimum atomic E-state index is -5.05. The van der Waals surface area contributed by atoms with E-state index in [4.69, 9.17) is 4.74 Å². The van der Waals surface area contributed by atoms with Gasteiger partial charge < -0.3 is 4.74 Å². The van der Waals surface area contributed by atoms with Crippen molar-refractivity contribution in [1.29, 1.82) is 0 Å². The number of hydrogen-bond acceptors (Lipinski definition) is 5. The summed E-state index contributed by atoms with van der Waals surface area (Å²) in [6.07, 6.45) is -5.05. The molecule has 0 saturated heterocycles. The van der Waals surface area contributed by atoms with Gasteiger partial charge in [-0.15, -0.1) is 0 Å². The van der Waals surface area contributed by atoms with Gasteiger partial charge in [0.2, 0.25) is 0 Å². The molecule has 2 N–H and O–H groups in total. The van der Waals surface area contributed by atoms with Crippen molar-refractivity contribution in [2.45, 2.75) is 13.1 Å². The first kappa shape index (κ1) is 19.8. The first-order chi connectivity index (χ1) is 13.1. The van der Waals surface area contributed by atoms with Crippen LogP contribution in [0.5, 0.6) is 0 Å². The Bertz CT molecular complexity index is 1200. The van der Waals surface area contributed by atoms with Gasteiger partial charge in [0.25, 0.3) is 5.56 Å². The van der Waals surface area contributed by atoms with E-state index in [1.54, 1.807) is 6.07 Å². The number of ether oxygens (including phenoxy) is 1. The maximum atomic E-state index is 13.7. The average Bonchev–Trinajstić information content (AvgIpc) is 2.59. The summed E-state index contributed by atoms with van der Waals surface area (Å²) in [4.78, 5) is 43.9. The molecule has 0 bridgehead atoms. The minimum absolute atomic E-state index is 0.126. The third-order valence-corrected chi connectivity index (χ3v) is 4.47. The summed E-state index contributed by atoms with van der Waals surface area (Å²) in [6, 6.07) is 6.09. The number of aromatic amines is 2. The molecule has 146 valence electrons. The number of fused-ring (bicyclic) bond motifs is 1. The lowest BCUT2D eigenvalue weighted by atomic mass is 9.95. The van der Waals surface area contributed by atoms with Crippen LogP contribution in [0.4, 0.5) is 13.2 Å². The van der Waals surface area contributed by atoms with Crippen molar-refractivity contribution in [3.8, 4) is 11.1 Å². The van der Waals surface area contributed by atoms with Gasteiger partial charge in [0.15, 0.2) is 5.69 Å². The zero-order valence-corrected chi connectivity index (χ0v) is 15.7. The lowest BCUT2D eigenvalue weighted by Gasteiger charge is -2.18. The SMILES string of the molecule is CCOC(=O)c1c(C(F)(F)F)nc2[nH]c(=O)[nH]c(=O)c2c1-c1ccccc1Br. The number of aromatic nitrogens is 3. The summed E-state index contributed by atoms with van der Waals surface area (Å²) in [5.41, 5.74) is -5.31. The van der Waals surface area contributed by atoms with Crippen LogP contribution in [0.1, 0.15) is 23.0 Å². The predicted molar refractivity (Wildman–Crippen MR) is 97.1 cm³/mol. The number of hydrogen-bond donors (Lipinski definition) is 2. The molecule has 11 heteroatoms. The van der Waals surface area contributed by atoms with Crippen molar-refractivity contribution in [2.75, 3.05) is 6.61 Å². The number of benzene rings is 1. The van der Waals surface area contributed by atoms with Crippen molar-refractivity contribution in [3.63, 3.8) is 0 Å². The second-order valence-electron chi connectivity index (χ2n) is 5.54. The van der Waals surface area contributed by atoms with Gasteiger partial charge in [-0.25, -0.2) is 14.6 Å². The number of carbonyl (C=O) groups excluding carboxylic acids is 1. The predicted octanol–water partition coefficient (Wildman–Crippen LogP) is 3.24. The Morgan fingerprint density at radius 3 is 2.50 bits per heavy atom. The number of halogens is 4. The fraction of sp³-hybridized carbons (Fsp3) is 0.176. The lowest BCUT2D eigenvalue weighted by Crippen LogP contribution is -2.26. The average molecular weight is 458 g/mol. The molecule has 0 spiro atoms. The van der Waals surface area contributed by atoms with Gasteiger partial charge in [0.05, 0.1) is 17.6 Å². The van der Waals surface area contributed by atoms with Gasteiger partial charge >= 0.3 is 17.8 Å². The molecule has 7 nitrogen and oxygen atoms in total. The Kier molecular flexibility index (Phi) is 5.11. The van der Waals surface area contributed by atoms with E-state index in [1.165, 1.54) is 25.1 Å². The first-order valence-electron chi connectivity index (χ1n) is 7.84. The van der Waals surface area contributed by atoms with Crippen molar-refractivity contribution < 1.29 is 22.7 Å². The number of nitrogens with zero attached hydrogens (tertiary/aromatic N) is 1. The first-order valence-corrected chi connectivity index (χ1v) is 8.64. The number of carbonyl (C=O) groups is 1. The van der Waals surface area contributed by atoms with Crippen molar-refractivity contribution in [2.24, 2.45) is 0 Å². The summed E-state index contributed by atoms with van der Waals surface area (Å²) in [5.74, 6) is -1.29. The van der Waals surface area contributed by atoms with E-state index >= 15 is 0 Å². The van der Waals surface area contributed by atoms with Gasteiger partial charge in [-0.2, -0.15) is 13.2 Å². The minimum Gasteiger partial charge on any atom is -0.462 e. The zero-order chi connectivity index (χ0) is 20.6. The van der Waals surface area contributed by atoms with Crippen LogP contribution in [0.15, 0.2) is 38.3 Å². The van der Waals surface area contributed by atoms with E-state index in [2.05, 4.69) is 25.9 Å². The van der Waals surface area contributed by atoms with Gasteiger partial charge in [0.1, 0.15) is 5.65 Å². The van der Waals surface area contributed by atoms with Crippen LogP contribution in [-0.2, 0) is 10.9 Å². The van der Waals surface area contributed by atoms with E-state index in [-0.39, 0.29) is 23.1 Å². The van der Waals surface area contributed by atoms with E-state index in [0.29, 0.717) is 4.47 Å². The Hall–Kier alpha value is -2.95. The van der Waals surface area contributed by atoms with Crippen LogP contribution in [0.2, 0.25) is 0 Å².